The van der Waals surface area contributed by atoms with Gasteiger partial charge in [-0.1, -0.05) is 0 Å². The number of sulfonamides is 1. The molecule has 0 aromatic heterocycles. The molecule has 25 heavy (non-hydrogen) atoms. The standard InChI is InChI=1S/C14H30N4O4S2.HI/c1-6-15-13(16-7-9-24(21,22)17-12(2)3)18-8-10-23(19,20)14(4,5)11-18;/h12,17H,6-11H2,1-5H3,(H,15,16);1H. The summed E-state index contributed by atoms with van der Waals surface area (Å²) in [6.07, 6.45) is 0. The molecule has 0 atom stereocenters. The molecule has 1 aliphatic rings. The molecule has 1 aliphatic heterocycles. The van der Waals surface area contributed by atoms with E-state index in [2.05, 4.69) is 15.0 Å². The Hall–Kier alpha value is -0.140. The molecule has 0 unspecified atom stereocenters. The van der Waals surface area contributed by atoms with Crippen molar-refractivity contribution in [1.82, 2.24) is 14.9 Å². The Morgan fingerprint density at radius 2 is 1.92 bits per heavy atom. The summed E-state index contributed by atoms with van der Waals surface area (Å²) in [6.45, 7) is 10.3. The van der Waals surface area contributed by atoms with Crippen LogP contribution < -0.4 is 10.0 Å². The van der Waals surface area contributed by atoms with Crippen LogP contribution >= 0.6 is 24.0 Å². The van der Waals surface area contributed by atoms with Gasteiger partial charge in [0.1, 0.15) is 0 Å². The second-order valence-electron chi connectivity index (χ2n) is 6.83. The van der Waals surface area contributed by atoms with Gasteiger partial charge in [-0.25, -0.2) is 21.6 Å². The Kier molecular flexibility index (Phi) is 9.64. The number of halogens is 1. The van der Waals surface area contributed by atoms with Crippen molar-refractivity contribution in [3.63, 3.8) is 0 Å². The Morgan fingerprint density at radius 3 is 2.40 bits per heavy atom. The Balaban J connectivity index is 0.00000576. The fourth-order valence-corrected chi connectivity index (χ4v) is 4.97. The van der Waals surface area contributed by atoms with Crippen molar-refractivity contribution in [3.05, 3.63) is 0 Å². The first-order valence-electron chi connectivity index (χ1n) is 8.16. The predicted molar refractivity (Wildman–Crippen MR) is 113 cm³/mol. The third kappa shape index (κ3) is 7.55. The van der Waals surface area contributed by atoms with Crippen LogP contribution in [0.3, 0.4) is 0 Å². The van der Waals surface area contributed by atoms with Gasteiger partial charge < -0.3 is 10.2 Å². The highest BCUT2D eigenvalue weighted by molar-refractivity contribution is 14.0. The SMILES string of the molecule is CCNC(=NCCS(=O)(=O)NC(C)C)N1CCS(=O)(=O)C(C)(C)C1.I. The van der Waals surface area contributed by atoms with Crippen molar-refractivity contribution in [2.24, 2.45) is 4.99 Å². The smallest absolute Gasteiger partial charge is 0.213 e. The normalized spacial score (nSPS) is 20.2. The van der Waals surface area contributed by atoms with Gasteiger partial charge in [0.2, 0.25) is 10.0 Å². The van der Waals surface area contributed by atoms with Crippen molar-refractivity contribution in [2.75, 3.05) is 37.7 Å². The number of rotatable bonds is 6. The zero-order chi connectivity index (χ0) is 18.6. The molecule has 0 amide bonds. The van der Waals surface area contributed by atoms with E-state index in [-0.39, 0.29) is 48.1 Å². The summed E-state index contributed by atoms with van der Waals surface area (Å²) in [5, 5.41) is 3.11. The third-order valence-corrected chi connectivity index (χ3v) is 7.80. The van der Waals surface area contributed by atoms with Gasteiger partial charge in [0.25, 0.3) is 0 Å². The summed E-state index contributed by atoms with van der Waals surface area (Å²) in [7, 11) is -6.49. The summed E-state index contributed by atoms with van der Waals surface area (Å²) in [6, 6.07) is -0.152. The average molecular weight is 510 g/mol. The number of hydrogen-bond acceptors (Lipinski definition) is 5. The molecule has 150 valence electrons. The lowest BCUT2D eigenvalue weighted by atomic mass is 10.2. The lowest BCUT2D eigenvalue weighted by Gasteiger charge is -2.39. The van der Waals surface area contributed by atoms with Gasteiger partial charge in [-0.2, -0.15) is 0 Å². The molecule has 0 aromatic carbocycles. The van der Waals surface area contributed by atoms with Crippen LogP contribution in [0.5, 0.6) is 0 Å². The topological polar surface area (TPSA) is 108 Å². The maximum atomic E-state index is 12.1. The summed E-state index contributed by atoms with van der Waals surface area (Å²) in [5.74, 6) is 0.521. The summed E-state index contributed by atoms with van der Waals surface area (Å²) < 4.78 is 49.6. The minimum absolute atomic E-state index is 0. The second kappa shape index (κ2) is 9.70. The first-order valence-corrected chi connectivity index (χ1v) is 11.5. The van der Waals surface area contributed by atoms with Crippen LogP contribution in [0.1, 0.15) is 34.6 Å². The fraction of sp³-hybridized carbons (Fsp3) is 0.929. The number of sulfone groups is 1. The van der Waals surface area contributed by atoms with Gasteiger partial charge in [-0.15, -0.1) is 24.0 Å². The van der Waals surface area contributed by atoms with Gasteiger partial charge in [-0.05, 0) is 34.6 Å². The molecule has 0 aromatic rings. The van der Waals surface area contributed by atoms with Crippen LogP contribution in [0.15, 0.2) is 4.99 Å². The van der Waals surface area contributed by atoms with Crippen LogP contribution in [0.25, 0.3) is 0 Å². The van der Waals surface area contributed by atoms with Gasteiger partial charge in [-0.3, -0.25) is 4.99 Å². The summed E-state index contributed by atoms with van der Waals surface area (Å²) >= 11 is 0. The first-order chi connectivity index (χ1) is 10.9. The first kappa shape index (κ1) is 24.9. The lowest BCUT2D eigenvalue weighted by Crippen LogP contribution is -2.57. The van der Waals surface area contributed by atoms with Crippen molar-refractivity contribution >= 4 is 49.8 Å². The zero-order valence-electron chi connectivity index (χ0n) is 15.6. The van der Waals surface area contributed by atoms with E-state index in [4.69, 9.17) is 0 Å². The van der Waals surface area contributed by atoms with Crippen LogP contribution in [0, 0.1) is 0 Å². The van der Waals surface area contributed by atoms with Gasteiger partial charge in [0, 0.05) is 25.7 Å². The fourth-order valence-electron chi connectivity index (χ4n) is 2.44. The Bertz CT molecular complexity index is 660. The molecule has 0 aliphatic carbocycles. The van der Waals surface area contributed by atoms with E-state index in [9.17, 15) is 16.8 Å². The van der Waals surface area contributed by atoms with Crippen LogP contribution in [-0.2, 0) is 19.9 Å². The monoisotopic (exact) mass is 510 g/mol. The van der Waals surface area contributed by atoms with Crippen molar-refractivity contribution in [3.8, 4) is 0 Å². The van der Waals surface area contributed by atoms with Crippen LogP contribution in [0.4, 0.5) is 0 Å². The number of nitrogens with zero attached hydrogens (tertiary/aromatic N) is 2. The van der Waals surface area contributed by atoms with Crippen molar-refractivity contribution < 1.29 is 16.8 Å². The molecular weight excluding hydrogens is 479 g/mol. The molecular formula is C14H31IN4O4S2. The maximum absolute atomic E-state index is 12.1. The molecule has 1 saturated heterocycles. The molecule has 1 heterocycles. The number of guanidine groups is 1. The molecule has 0 spiro atoms. The minimum Gasteiger partial charge on any atom is -0.357 e. The van der Waals surface area contributed by atoms with Gasteiger partial charge in [0.05, 0.1) is 22.8 Å². The average Bonchev–Trinajstić information content (AvgIpc) is 2.39. The third-order valence-electron chi connectivity index (χ3n) is 3.71. The Morgan fingerprint density at radius 1 is 1.32 bits per heavy atom. The highest BCUT2D eigenvalue weighted by atomic mass is 127. The molecule has 8 nitrogen and oxygen atoms in total. The molecule has 1 rings (SSSR count). The van der Waals surface area contributed by atoms with Crippen molar-refractivity contribution in [2.45, 2.75) is 45.4 Å². The van der Waals surface area contributed by atoms with Crippen LogP contribution in [0.2, 0.25) is 0 Å². The van der Waals surface area contributed by atoms with E-state index in [1.807, 2.05) is 11.8 Å². The zero-order valence-corrected chi connectivity index (χ0v) is 19.5. The van der Waals surface area contributed by atoms with E-state index in [1.165, 1.54) is 0 Å². The lowest BCUT2D eigenvalue weighted by molar-refractivity contribution is 0.353. The number of aliphatic imine (C=N–C) groups is 1. The van der Waals surface area contributed by atoms with E-state index in [0.29, 0.717) is 25.6 Å². The Labute approximate surface area is 169 Å². The largest absolute Gasteiger partial charge is 0.357 e. The molecule has 11 heteroatoms. The highest BCUT2D eigenvalue weighted by Gasteiger charge is 2.40. The summed E-state index contributed by atoms with van der Waals surface area (Å²) in [4.78, 5) is 6.24. The molecule has 1 fully saturated rings. The van der Waals surface area contributed by atoms with Crippen LogP contribution in [-0.4, -0.2) is 76.2 Å². The predicted octanol–water partition coefficient (Wildman–Crippen LogP) is 0.407. The van der Waals surface area contributed by atoms with Gasteiger partial charge in [0.15, 0.2) is 15.8 Å². The van der Waals surface area contributed by atoms with E-state index >= 15 is 0 Å². The molecule has 0 bridgehead atoms. The summed E-state index contributed by atoms with van der Waals surface area (Å²) in [5.41, 5.74) is 0. The minimum atomic E-state index is -3.36. The second-order valence-corrected chi connectivity index (χ2v) is 11.4. The molecule has 0 radical (unpaired) electrons. The van der Waals surface area contributed by atoms with E-state index < -0.39 is 24.6 Å². The quantitative estimate of drug-likeness (QED) is 0.305. The highest BCUT2D eigenvalue weighted by Crippen LogP contribution is 2.23. The maximum Gasteiger partial charge on any atom is 0.213 e. The number of hydrogen-bond donors (Lipinski definition) is 2. The van der Waals surface area contributed by atoms with E-state index in [1.54, 1.807) is 27.7 Å². The van der Waals surface area contributed by atoms with Crippen molar-refractivity contribution in [1.29, 1.82) is 0 Å². The van der Waals surface area contributed by atoms with Gasteiger partial charge >= 0.3 is 0 Å². The molecule has 2 N–H and O–H groups in total. The van der Waals surface area contributed by atoms with E-state index in [0.717, 1.165) is 0 Å². The molecule has 0 saturated carbocycles. The number of nitrogens with one attached hydrogen (secondary N) is 2.